The Kier molecular flexibility index (Phi) is 5.46. The number of fused-ring (bicyclic) bond motifs is 3. The molecule has 4 rings (SSSR count). The molecule has 0 saturated heterocycles. The lowest BCUT2D eigenvalue weighted by Crippen LogP contribution is -2.27. The van der Waals surface area contributed by atoms with E-state index in [1.54, 1.807) is 38.1 Å². The lowest BCUT2D eigenvalue weighted by molar-refractivity contribution is 0.0285. The highest BCUT2D eigenvalue weighted by atomic mass is 16.5. The summed E-state index contributed by atoms with van der Waals surface area (Å²) in [5.41, 5.74) is 4.47. The standard InChI is InChI=1S/C25H25NO4/c1-25(2,28)16-30-18-13-11-17(12-14-18)26-24(27)29-15-23-21-9-5-3-7-19(21)20-8-4-6-10-22(20)23/h3-14,23,28H,15-16H2,1-2H3,(H,26,27). The van der Waals surface area contributed by atoms with Crippen LogP contribution in [0.2, 0.25) is 0 Å². The number of hydrogen-bond donors (Lipinski definition) is 2. The first kappa shape index (κ1) is 20.0. The van der Waals surface area contributed by atoms with Crippen LogP contribution >= 0.6 is 0 Å². The van der Waals surface area contributed by atoms with Crippen LogP contribution in [-0.4, -0.2) is 30.0 Å². The third kappa shape index (κ3) is 4.47. The molecule has 0 fully saturated rings. The molecule has 1 aliphatic carbocycles. The molecule has 0 heterocycles. The molecular formula is C25H25NO4. The first-order valence-electron chi connectivity index (χ1n) is 9.98. The molecule has 0 aliphatic heterocycles. The van der Waals surface area contributed by atoms with Gasteiger partial charge in [0.15, 0.2) is 0 Å². The van der Waals surface area contributed by atoms with Gasteiger partial charge in [0.25, 0.3) is 0 Å². The van der Waals surface area contributed by atoms with Crippen LogP contribution in [0.5, 0.6) is 5.75 Å². The van der Waals surface area contributed by atoms with Crippen molar-refractivity contribution in [3.8, 4) is 16.9 Å². The Labute approximate surface area is 176 Å². The molecule has 0 atom stereocenters. The molecule has 3 aromatic rings. The second kappa shape index (κ2) is 8.20. The van der Waals surface area contributed by atoms with E-state index >= 15 is 0 Å². The summed E-state index contributed by atoms with van der Waals surface area (Å²) >= 11 is 0. The molecule has 3 aromatic carbocycles. The van der Waals surface area contributed by atoms with E-state index in [9.17, 15) is 9.90 Å². The fraction of sp³-hybridized carbons (Fsp3) is 0.240. The Morgan fingerprint density at radius 3 is 2.07 bits per heavy atom. The summed E-state index contributed by atoms with van der Waals surface area (Å²) in [5, 5.41) is 12.5. The maximum Gasteiger partial charge on any atom is 0.411 e. The van der Waals surface area contributed by atoms with Crippen molar-refractivity contribution in [2.45, 2.75) is 25.4 Å². The highest BCUT2D eigenvalue weighted by molar-refractivity contribution is 5.85. The zero-order chi connectivity index (χ0) is 21.1. The largest absolute Gasteiger partial charge is 0.491 e. The van der Waals surface area contributed by atoms with Crippen molar-refractivity contribution in [3.63, 3.8) is 0 Å². The molecule has 2 N–H and O–H groups in total. The average Bonchev–Trinajstić information content (AvgIpc) is 3.05. The van der Waals surface area contributed by atoms with Gasteiger partial charge in [-0.25, -0.2) is 4.79 Å². The van der Waals surface area contributed by atoms with Crippen molar-refractivity contribution in [2.75, 3.05) is 18.5 Å². The number of aliphatic hydroxyl groups is 1. The van der Waals surface area contributed by atoms with Crippen molar-refractivity contribution >= 4 is 11.8 Å². The van der Waals surface area contributed by atoms with Crippen LogP contribution in [-0.2, 0) is 4.74 Å². The fourth-order valence-electron chi connectivity index (χ4n) is 3.65. The third-order valence-electron chi connectivity index (χ3n) is 5.04. The normalized spacial score (nSPS) is 12.8. The molecule has 0 unspecified atom stereocenters. The first-order chi connectivity index (χ1) is 14.4. The summed E-state index contributed by atoms with van der Waals surface area (Å²) in [4.78, 5) is 12.3. The molecule has 0 saturated carbocycles. The highest BCUT2D eigenvalue weighted by Crippen LogP contribution is 2.44. The van der Waals surface area contributed by atoms with Gasteiger partial charge in [0.1, 0.15) is 19.0 Å². The molecule has 5 heteroatoms. The monoisotopic (exact) mass is 403 g/mol. The van der Waals surface area contributed by atoms with Crippen LogP contribution < -0.4 is 10.1 Å². The molecule has 0 radical (unpaired) electrons. The summed E-state index contributed by atoms with van der Waals surface area (Å²) in [7, 11) is 0. The number of carbonyl (C=O) groups excluding carboxylic acids is 1. The molecule has 0 bridgehead atoms. The smallest absolute Gasteiger partial charge is 0.411 e. The highest BCUT2D eigenvalue weighted by Gasteiger charge is 2.29. The van der Waals surface area contributed by atoms with Crippen LogP contribution in [0.4, 0.5) is 10.5 Å². The average molecular weight is 403 g/mol. The minimum atomic E-state index is -0.905. The number of nitrogens with one attached hydrogen (secondary N) is 1. The van der Waals surface area contributed by atoms with Gasteiger partial charge >= 0.3 is 6.09 Å². The number of ether oxygens (including phenoxy) is 2. The molecular weight excluding hydrogens is 378 g/mol. The Balaban J connectivity index is 1.36. The van der Waals surface area contributed by atoms with Gasteiger partial charge in [0.05, 0.1) is 5.60 Å². The van der Waals surface area contributed by atoms with Gasteiger partial charge in [0, 0.05) is 11.6 Å². The number of benzene rings is 3. The quantitative estimate of drug-likeness (QED) is 0.594. The van der Waals surface area contributed by atoms with Gasteiger partial charge < -0.3 is 14.6 Å². The van der Waals surface area contributed by atoms with Crippen LogP contribution in [0.25, 0.3) is 11.1 Å². The predicted octanol–water partition coefficient (Wildman–Crippen LogP) is 5.20. The number of carbonyl (C=O) groups is 1. The van der Waals surface area contributed by atoms with Gasteiger partial charge in [-0.3, -0.25) is 5.32 Å². The van der Waals surface area contributed by atoms with Crippen molar-refractivity contribution < 1.29 is 19.4 Å². The SMILES string of the molecule is CC(C)(O)COc1ccc(NC(=O)OCC2c3ccccc3-c3ccccc32)cc1. The summed E-state index contributed by atoms with van der Waals surface area (Å²) in [6.07, 6.45) is -0.498. The lowest BCUT2D eigenvalue weighted by atomic mass is 9.98. The zero-order valence-corrected chi connectivity index (χ0v) is 17.1. The van der Waals surface area contributed by atoms with E-state index in [1.165, 1.54) is 22.3 Å². The minimum absolute atomic E-state index is 0.0285. The van der Waals surface area contributed by atoms with E-state index in [0.717, 1.165) is 0 Å². The summed E-state index contributed by atoms with van der Waals surface area (Å²) in [5.74, 6) is 0.649. The van der Waals surface area contributed by atoms with Gasteiger partial charge in [-0.15, -0.1) is 0 Å². The van der Waals surface area contributed by atoms with Crippen molar-refractivity contribution in [1.82, 2.24) is 0 Å². The summed E-state index contributed by atoms with van der Waals surface area (Å²) < 4.78 is 11.1. The Hall–Kier alpha value is -3.31. The predicted molar refractivity (Wildman–Crippen MR) is 117 cm³/mol. The van der Waals surface area contributed by atoms with Crippen molar-refractivity contribution in [2.24, 2.45) is 0 Å². The van der Waals surface area contributed by atoms with Gasteiger partial charge in [0.2, 0.25) is 0 Å². The zero-order valence-electron chi connectivity index (χ0n) is 17.1. The maximum atomic E-state index is 12.3. The Bertz CT molecular complexity index is 992. The van der Waals surface area contributed by atoms with Crippen LogP contribution in [0.15, 0.2) is 72.8 Å². The molecule has 1 aliphatic rings. The number of rotatable bonds is 6. The van der Waals surface area contributed by atoms with E-state index in [1.807, 2.05) is 24.3 Å². The summed E-state index contributed by atoms with van der Waals surface area (Å²) in [6.45, 7) is 3.82. The van der Waals surface area contributed by atoms with Crippen molar-refractivity contribution in [3.05, 3.63) is 83.9 Å². The van der Waals surface area contributed by atoms with E-state index in [-0.39, 0.29) is 19.1 Å². The molecule has 154 valence electrons. The van der Waals surface area contributed by atoms with E-state index in [4.69, 9.17) is 9.47 Å². The second-order valence-electron chi connectivity index (χ2n) is 8.08. The fourth-order valence-corrected chi connectivity index (χ4v) is 3.65. The minimum Gasteiger partial charge on any atom is -0.491 e. The molecule has 0 spiro atoms. The lowest BCUT2D eigenvalue weighted by Gasteiger charge is -2.18. The second-order valence-corrected chi connectivity index (χ2v) is 8.08. The van der Waals surface area contributed by atoms with Crippen LogP contribution in [0.3, 0.4) is 0 Å². The van der Waals surface area contributed by atoms with E-state index in [0.29, 0.717) is 11.4 Å². The number of hydrogen-bond acceptors (Lipinski definition) is 4. The van der Waals surface area contributed by atoms with Gasteiger partial charge in [-0.05, 0) is 60.4 Å². The number of amides is 1. The van der Waals surface area contributed by atoms with Gasteiger partial charge in [-0.1, -0.05) is 48.5 Å². The Morgan fingerprint density at radius 1 is 0.933 bits per heavy atom. The van der Waals surface area contributed by atoms with Crippen LogP contribution in [0, 0.1) is 0 Å². The topological polar surface area (TPSA) is 67.8 Å². The van der Waals surface area contributed by atoms with Crippen LogP contribution in [0.1, 0.15) is 30.9 Å². The van der Waals surface area contributed by atoms with E-state index < -0.39 is 11.7 Å². The van der Waals surface area contributed by atoms with E-state index in [2.05, 4.69) is 29.6 Å². The first-order valence-corrected chi connectivity index (χ1v) is 9.98. The van der Waals surface area contributed by atoms with Crippen molar-refractivity contribution in [1.29, 1.82) is 0 Å². The molecule has 1 amide bonds. The maximum absolute atomic E-state index is 12.3. The summed E-state index contributed by atoms with van der Waals surface area (Å²) in [6, 6.07) is 23.4. The molecule has 0 aromatic heterocycles. The van der Waals surface area contributed by atoms with Gasteiger partial charge in [-0.2, -0.15) is 0 Å². The molecule has 5 nitrogen and oxygen atoms in total. The number of anilines is 1. The molecule has 30 heavy (non-hydrogen) atoms. The Morgan fingerprint density at radius 2 is 1.50 bits per heavy atom. The third-order valence-corrected chi connectivity index (χ3v) is 5.04.